The number of ketones is 2. The van der Waals surface area contributed by atoms with E-state index in [1.54, 1.807) is 9.80 Å². The maximum atomic E-state index is 11.8. The van der Waals surface area contributed by atoms with Gasteiger partial charge in [-0.15, -0.1) is 0 Å². The largest absolute Gasteiger partial charge is 0.444 e. The van der Waals surface area contributed by atoms with Crippen molar-refractivity contribution in [2.75, 3.05) is 26.2 Å². The van der Waals surface area contributed by atoms with Gasteiger partial charge in [0.15, 0.2) is 0 Å². The third kappa shape index (κ3) is 4.64. The van der Waals surface area contributed by atoms with Gasteiger partial charge in [0, 0.05) is 49.9 Å². The fourth-order valence-electron chi connectivity index (χ4n) is 4.91. The monoisotopic (exact) mass is 450 g/mol. The van der Waals surface area contributed by atoms with Gasteiger partial charge in [-0.2, -0.15) is 0 Å². The molecule has 2 heterocycles. The minimum Gasteiger partial charge on any atom is -0.444 e. The highest BCUT2D eigenvalue weighted by Gasteiger charge is 2.58. The molecule has 2 amide bonds. The highest BCUT2D eigenvalue weighted by atomic mass is 16.6. The average Bonchev–Trinajstić information content (AvgIpc) is 3.05. The molecule has 2 saturated heterocycles. The lowest BCUT2D eigenvalue weighted by Gasteiger charge is -2.38. The van der Waals surface area contributed by atoms with Gasteiger partial charge < -0.3 is 19.3 Å². The summed E-state index contributed by atoms with van der Waals surface area (Å²) >= 11 is 0. The first-order valence-electron chi connectivity index (χ1n) is 11.5. The van der Waals surface area contributed by atoms with Gasteiger partial charge in [-0.25, -0.2) is 9.59 Å². The quantitative estimate of drug-likeness (QED) is 0.559. The van der Waals surface area contributed by atoms with Gasteiger partial charge in [0.1, 0.15) is 22.8 Å². The molecule has 2 saturated carbocycles. The first-order valence-corrected chi connectivity index (χ1v) is 11.5. The van der Waals surface area contributed by atoms with Crippen LogP contribution in [0.1, 0.15) is 68.2 Å². The molecule has 0 aromatic rings. The van der Waals surface area contributed by atoms with Crippen molar-refractivity contribution in [1.82, 2.24) is 9.80 Å². The number of Topliss-reactive ketones (excluding diaryl/α,β-unsaturated/α-hetero) is 2. The van der Waals surface area contributed by atoms with Crippen molar-refractivity contribution in [3.8, 4) is 0 Å². The fraction of sp³-hybridized carbons (Fsp3) is 0.833. The molecule has 0 radical (unpaired) electrons. The van der Waals surface area contributed by atoms with Gasteiger partial charge >= 0.3 is 12.2 Å². The van der Waals surface area contributed by atoms with Gasteiger partial charge in [-0.3, -0.25) is 9.59 Å². The van der Waals surface area contributed by atoms with Gasteiger partial charge in [0.05, 0.1) is 0 Å². The molecule has 4 aliphatic rings. The van der Waals surface area contributed by atoms with E-state index in [4.69, 9.17) is 9.47 Å². The SMILES string of the molecule is CC(C)(C)OC(=O)N1C[C@@H]2CC(=O)[C@]2(C)C1.CC(C)(C)OC(=O)N1C[C@H]2CC(=O)[C@@]2(C)C1. The fourth-order valence-corrected chi connectivity index (χ4v) is 4.91. The summed E-state index contributed by atoms with van der Waals surface area (Å²) < 4.78 is 10.6. The highest BCUT2D eigenvalue weighted by molar-refractivity contribution is 5.93. The lowest BCUT2D eigenvalue weighted by molar-refractivity contribution is -0.140. The highest BCUT2D eigenvalue weighted by Crippen LogP contribution is 2.49. The molecule has 0 N–H and O–H groups in total. The van der Waals surface area contributed by atoms with Crippen molar-refractivity contribution in [2.45, 2.75) is 79.4 Å². The molecule has 0 unspecified atom stereocenters. The zero-order chi connectivity index (χ0) is 24.3. The molecule has 2 aliphatic carbocycles. The second-order valence-corrected chi connectivity index (χ2v) is 12.2. The first-order chi connectivity index (χ1) is 14.4. The predicted molar refractivity (Wildman–Crippen MR) is 118 cm³/mol. The van der Waals surface area contributed by atoms with Crippen LogP contribution in [0.4, 0.5) is 9.59 Å². The van der Waals surface area contributed by atoms with E-state index in [1.807, 2.05) is 55.4 Å². The first kappa shape index (κ1) is 24.5. The molecule has 0 aromatic heterocycles. The Morgan fingerprint density at radius 1 is 0.750 bits per heavy atom. The Balaban J connectivity index is 0.000000181. The van der Waals surface area contributed by atoms with E-state index in [0.29, 0.717) is 50.9 Å². The minimum atomic E-state index is -0.469. The van der Waals surface area contributed by atoms with E-state index in [9.17, 15) is 19.2 Å². The number of likely N-dealkylation sites (tertiary alicyclic amines) is 2. The molecule has 0 bridgehead atoms. The number of fused-ring (bicyclic) bond motifs is 2. The number of carbonyl (C=O) groups excluding carboxylic acids is 4. The number of amides is 2. The van der Waals surface area contributed by atoms with Gasteiger partial charge in [0.2, 0.25) is 0 Å². The van der Waals surface area contributed by atoms with E-state index >= 15 is 0 Å². The zero-order valence-electron chi connectivity index (χ0n) is 20.7. The smallest absolute Gasteiger partial charge is 0.410 e. The molecule has 4 fully saturated rings. The standard InChI is InChI=1S/2C12H19NO3/c2*1-11(2,3)16-10(15)13-6-8-5-9(14)12(8,4)7-13/h2*8H,5-7H2,1-4H3/t2*8-,12+/m10/s1. The van der Waals surface area contributed by atoms with Crippen molar-refractivity contribution < 1.29 is 28.7 Å². The number of nitrogens with zero attached hydrogens (tertiary/aromatic N) is 2. The third-order valence-electron chi connectivity index (χ3n) is 7.16. The average molecular weight is 451 g/mol. The summed E-state index contributed by atoms with van der Waals surface area (Å²) in [6.07, 6.45) is 0.651. The Bertz CT molecular complexity index is 757. The van der Waals surface area contributed by atoms with Crippen LogP contribution in [0.15, 0.2) is 0 Å². The Morgan fingerprint density at radius 3 is 1.28 bits per heavy atom. The summed E-state index contributed by atoms with van der Waals surface area (Å²) in [6, 6.07) is 0. The number of carbonyl (C=O) groups is 4. The molecular formula is C24H38N2O6. The molecular weight excluding hydrogens is 412 g/mol. The van der Waals surface area contributed by atoms with Crippen molar-refractivity contribution in [3.63, 3.8) is 0 Å². The molecule has 4 atom stereocenters. The number of hydrogen-bond acceptors (Lipinski definition) is 6. The molecule has 180 valence electrons. The van der Waals surface area contributed by atoms with Crippen molar-refractivity contribution >= 4 is 23.8 Å². The van der Waals surface area contributed by atoms with E-state index < -0.39 is 11.2 Å². The maximum Gasteiger partial charge on any atom is 0.410 e. The maximum absolute atomic E-state index is 11.8. The summed E-state index contributed by atoms with van der Waals surface area (Å²) in [6.45, 7) is 17.4. The van der Waals surface area contributed by atoms with Crippen LogP contribution in [0.25, 0.3) is 0 Å². The predicted octanol–water partition coefficient (Wildman–Crippen LogP) is 3.66. The van der Waals surface area contributed by atoms with Crippen LogP contribution < -0.4 is 0 Å². The van der Waals surface area contributed by atoms with Crippen LogP contribution in [0.5, 0.6) is 0 Å². The normalized spacial score (nSPS) is 33.4. The molecule has 0 aromatic carbocycles. The molecule has 8 heteroatoms. The van der Waals surface area contributed by atoms with Crippen LogP contribution in [0.2, 0.25) is 0 Å². The number of hydrogen-bond donors (Lipinski definition) is 0. The summed E-state index contributed by atoms with van der Waals surface area (Å²) in [5.74, 6) is 1.24. The van der Waals surface area contributed by atoms with Crippen LogP contribution in [0.3, 0.4) is 0 Å². The van der Waals surface area contributed by atoms with E-state index in [-0.39, 0.29) is 34.6 Å². The number of ether oxygens (including phenoxy) is 2. The van der Waals surface area contributed by atoms with Crippen molar-refractivity contribution in [2.24, 2.45) is 22.7 Å². The minimum absolute atomic E-state index is 0.281. The summed E-state index contributed by atoms with van der Waals surface area (Å²) in [7, 11) is 0. The Morgan fingerprint density at radius 2 is 1.06 bits per heavy atom. The molecule has 2 aliphatic heterocycles. The van der Waals surface area contributed by atoms with Gasteiger partial charge in [-0.1, -0.05) is 13.8 Å². The summed E-state index contributed by atoms with van der Waals surface area (Å²) in [5.41, 5.74) is -1.53. The molecule has 4 rings (SSSR count). The lowest BCUT2D eigenvalue weighted by Crippen LogP contribution is -2.47. The van der Waals surface area contributed by atoms with Crippen LogP contribution in [-0.2, 0) is 19.1 Å². The van der Waals surface area contributed by atoms with Crippen LogP contribution in [0, 0.1) is 22.7 Å². The van der Waals surface area contributed by atoms with Gasteiger partial charge in [0.25, 0.3) is 0 Å². The van der Waals surface area contributed by atoms with Crippen molar-refractivity contribution in [3.05, 3.63) is 0 Å². The Kier molecular flexibility index (Phi) is 5.93. The second-order valence-electron chi connectivity index (χ2n) is 12.2. The Hall–Kier alpha value is -2.12. The number of rotatable bonds is 0. The lowest BCUT2D eigenvalue weighted by atomic mass is 9.62. The molecule has 0 spiro atoms. The topological polar surface area (TPSA) is 93.2 Å². The molecule has 32 heavy (non-hydrogen) atoms. The van der Waals surface area contributed by atoms with Crippen LogP contribution in [-0.4, -0.2) is 70.9 Å². The van der Waals surface area contributed by atoms with Crippen LogP contribution >= 0.6 is 0 Å². The molecule has 8 nitrogen and oxygen atoms in total. The summed E-state index contributed by atoms with van der Waals surface area (Å²) in [4.78, 5) is 50.0. The van der Waals surface area contributed by atoms with Crippen molar-refractivity contribution in [1.29, 1.82) is 0 Å². The Labute approximate surface area is 191 Å². The second kappa shape index (κ2) is 7.73. The van der Waals surface area contributed by atoms with Gasteiger partial charge in [-0.05, 0) is 53.4 Å². The van der Waals surface area contributed by atoms with E-state index in [2.05, 4.69) is 0 Å². The summed E-state index contributed by atoms with van der Waals surface area (Å²) in [5, 5.41) is 0. The van der Waals surface area contributed by atoms with E-state index in [0.717, 1.165) is 0 Å². The zero-order valence-corrected chi connectivity index (χ0v) is 20.7. The van der Waals surface area contributed by atoms with E-state index in [1.165, 1.54) is 0 Å². The third-order valence-corrected chi connectivity index (χ3v) is 7.16.